The first kappa shape index (κ1) is 20.4. The van der Waals surface area contributed by atoms with Crippen LogP contribution in [0.3, 0.4) is 0 Å². The summed E-state index contributed by atoms with van der Waals surface area (Å²) in [5.74, 6) is -1.19. The highest BCUT2D eigenvalue weighted by Gasteiger charge is 2.35. The fourth-order valence-corrected chi connectivity index (χ4v) is 3.52. The van der Waals surface area contributed by atoms with Crippen LogP contribution in [-0.4, -0.2) is 47.7 Å². The molecule has 0 radical (unpaired) electrons. The van der Waals surface area contributed by atoms with Crippen molar-refractivity contribution in [2.45, 2.75) is 69.9 Å². The highest BCUT2D eigenvalue weighted by molar-refractivity contribution is 5.86. The summed E-state index contributed by atoms with van der Waals surface area (Å²) in [5, 5.41) is 15.3. The lowest BCUT2D eigenvalue weighted by Gasteiger charge is -2.29. The van der Waals surface area contributed by atoms with E-state index in [2.05, 4.69) is 10.6 Å². The summed E-state index contributed by atoms with van der Waals surface area (Å²) in [6.07, 6.45) is 8.18. The molecule has 0 aromatic rings. The minimum Gasteiger partial charge on any atom is -0.461 e. The van der Waals surface area contributed by atoms with Gasteiger partial charge in [-0.15, -0.1) is 0 Å². The number of aliphatic hydroxyl groups is 1. The Morgan fingerprint density at radius 1 is 1.35 bits per heavy atom. The Balaban J connectivity index is 1.97. The topological polar surface area (TPSA) is 105 Å². The number of carbonyl (C=O) groups excluding carboxylic acids is 3. The number of cyclic esters (lactones) is 1. The molecular weight excluding hydrogens is 336 g/mol. The maximum absolute atomic E-state index is 12.5. The molecule has 0 unspecified atom stereocenters. The summed E-state index contributed by atoms with van der Waals surface area (Å²) in [5.41, 5.74) is -0.530. The summed E-state index contributed by atoms with van der Waals surface area (Å²) < 4.78 is 5.21. The molecule has 146 valence electrons. The molecule has 0 bridgehead atoms. The third-order valence-electron chi connectivity index (χ3n) is 5.07. The molecule has 2 atom stereocenters. The second-order valence-corrected chi connectivity index (χ2v) is 7.39. The van der Waals surface area contributed by atoms with Crippen LogP contribution in [-0.2, 0) is 19.1 Å². The van der Waals surface area contributed by atoms with E-state index in [9.17, 15) is 19.5 Å². The van der Waals surface area contributed by atoms with Gasteiger partial charge < -0.3 is 20.5 Å². The number of aliphatic hydroxyl groups excluding tert-OH is 1. The first-order valence-electron chi connectivity index (χ1n) is 9.48. The van der Waals surface area contributed by atoms with E-state index >= 15 is 0 Å². The molecule has 2 rings (SSSR count). The van der Waals surface area contributed by atoms with Gasteiger partial charge in [-0.1, -0.05) is 25.0 Å². The first-order valence-corrected chi connectivity index (χ1v) is 9.48. The molecule has 0 spiro atoms. The third kappa shape index (κ3) is 6.12. The fraction of sp³-hybridized carbons (Fsp3) is 0.737. The molecule has 7 heteroatoms. The summed E-state index contributed by atoms with van der Waals surface area (Å²) >= 11 is 0. The van der Waals surface area contributed by atoms with E-state index in [1.165, 1.54) is 0 Å². The number of ether oxygens (including phenoxy) is 1. The highest BCUT2D eigenvalue weighted by atomic mass is 16.5. The zero-order valence-electron chi connectivity index (χ0n) is 15.5. The molecule has 0 aromatic heterocycles. The van der Waals surface area contributed by atoms with Gasteiger partial charge in [0.15, 0.2) is 0 Å². The zero-order chi connectivity index (χ0) is 19.0. The maximum Gasteiger partial charge on any atom is 0.306 e. The van der Waals surface area contributed by atoms with Crippen molar-refractivity contribution in [1.29, 1.82) is 0 Å². The van der Waals surface area contributed by atoms with Gasteiger partial charge in [-0.3, -0.25) is 14.4 Å². The van der Waals surface area contributed by atoms with Crippen LogP contribution < -0.4 is 10.6 Å². The van der Waals surface area contributed by atoms with E-state index in [1.54, 1.807) is 6.92 Å². The lowest BCUT2D eigenvalue weighted by Crippen LogP contribution is -2.50. The number of carbonyl (C=O) groups is 3. The Labute approximate surface area is 154 Å². The number of hydrogen-bond acceptors (Lipinski definition) is 5. The smallest absolute Gasteiger partial charge is 0.306 e. The van der Waals surface area contributed by atoms with Crippen LogP contribution in [0, 0.1) is 5.92 Å². The summed E-state index contributed by atoms with van der Waals surface area (Å²) in [4.78, 5) is 36.5. The van der Waals surface area contributed by atoms with Crippen LogP contribution >= 0.6 is 0 Å². The van der Waals surface area contributed by atoms with Crippen molar-refractivity contribution in [2.75, 3.05) is 13.2 Å². The van der Waals surface area contributed by atoms with Crippen molar-refractivity contribution >= 4 is 17.8 Å². The lowest BCUT2D eigenvalue weighted by molar-refractivity contribution is -0.148. The Morgan fingerprint density at radius 3 is 2.77 bits per heavy atom. The summed E-state index contributed by atoms with van der Waals surface area (Å²) in [6.45, 7) is 1.89. The maximum atomic E-state index is 12.5. The number of rotatable bonds is 4. The molecule has 0 aromatic carbocycles. The van der Waals surface area contributed by atoms with Crippen molar-refractivity contribution in [1.82, 2.24) is 10.6 Å². The van der Waals surface area contributed by atoms with E-state index in [0.717, 1.165) is 25.7 Å². The molecule has 1 fully saturated rings. The summed E-state index contributed by atoms with van der Waals surface area (Å²) in [6, 6.07) is 0. The van der Waals surface area contributed by atoms with E-state index in [4.69, 9.17) is 4.74 Å². The van der Waals surface area contributed by atoms with Crippen molar-refractivity contribution in [3.63, 3.8) is 0 Å². The Hall–Kier alpha value is -1.89. The largest absolute Gasteiger partial charge is 0.461 e. The molecule has 3 N–H and O–H groups in total. The molecule has 1 aliphatic heterocycles. The second-order valence-electron chi connectivity index (χ2n) is 7.39. The van der Waals surface area contributed by atoms with Gasteiger partial charge in [0.25, 0.3) is 0 Å². The van der Waals surface area contributed by atoms with E-state index < -0.39 is 17.6 Å². The molecular formula is C19H30N2O5. The van der Waals surface area contributed by atoms with Gasteiger partial charge in [-0.25, -0.2) is 0 Å². The van der Waals surface area contributed by atoms with Crippen molar-refractivity contribution in [2.24, 2.45) is 5.92 Å². The third-order valence-corrected chi connectivity index (χ3v) is 5.07. The standard InChI is InChI=1S/C19H30N2O5/c1-14-12-20-18(25)15(7-3-2-4-8-17(24)26-14)11-16(23)21-19(13-22)9-5-6-10-19/h2-3,14-15,22H,4-13H2,1H3,(H,20,25)(H,21,23)/t14-,15+/m0/s1. The van der Waals surface area contributed by atoms with Crippen molar-refractivity contribution < 1.29 is 24.2 Å². The van der Waals surface area contributed by atoms with Crippen LogP contribution in [0.2, 0.25) is 0 Å². The molecule has 26 heavy (non-hydrogen) atoms. The van der Waals surface area contributed by atoms with Crippen LogP contribution in [0.4, 0.5) is 0 Å². The zero-order valence-corrected chi connectivity index (χ0v) is 15.5. The number of esters is 1. The Kier molecular flexibility index (Phi) is 7.63. The van der Waals surface area contributed by atoms with Crippen molar-refractivity contribution in [3.05, 3.63) is 12.2 Å². The molecule has 1 saturated carbocycles. The predicted octanol–water partition coefficient (Wildman–Crippen LogP) is 1.20. The molecule has 0 saturated heterocycles. The number of hydrogen-bond donors (Lipinski definition) is 3. The highest BCUT2D eigenvalue weighted by Crippen LogP contribution is 2.29. The van der Waals surface area contributed by atoms with Gasteiger partial charge in [0.05, 0.1) is 24.6 Å². The number of amides is 2. The van der Waals surface area contributed by atoms with E-state index in [0.29, 0.717) is 19.3 Å². The monoisotopic (exact) mass is 366 g/mol. The van der Waals surface area contributed by atoms with E-state index in [1.807, 2.05) is 12.2 Å². The molecule has 2 amide bonds. The predicted molar refractivity (Wildman–Crippen MR) is 96.1 cm³/mol. The quantitative estimate of drug-likeness (QED) is 0.512. The molecule has 1 heterocycles. The normalized spacial score (nSPS) is 27.0. The average molecular weight is 366 g/mol. The SMILES string of the molecule is C[C@H]1CNC(=O)[C@@H](CC(=O)NC2(CO)CCCC2)CC=CCCC(=O)O1. The first-order chi connectivity index (χ1) is 12.4. The van der Waals surface area contributed by atoms with Crippen LogP contribution in [0.5, 0.6) is 0 Å². The number of allylic oxidation sites excluding steroid dienone is 2. The fourth-order valence-electron chi connectivity index (χ4n) is 3.52. The minimum atomic E-state index is -0.530. The van der Waals surface area contributed by atoms with Crippen LogP contribution in [0.15, 0.2) is 12.2 Å². The van der Waals surface area contributed by atoms with Gasteiger partial charge >= 0.3 is 5.97 Å². The molecule has 1 aliphatic carbocycles. The lowest BCUT2D eigenvalue weighted by atomic mass is 9.95. The molecule has 7 nitrogen and oxygen atoms in total. The Bertz CT molecular complexity index is 540. The average Bonchev–Trinajstić information content (AvgIpc) is 3.06. The molecule has 2 aliphatic rings. The number of nitrogens with one attached hydrogen (secondary N) is 2. The van der Waals surface area contributed by atoms with Crippen molar-refractivity contribution in [3.8, 4) is 0 Å². The minimum absolute atomic E-state index is 0.0710. The van der Waals surface area contributed by atoms with Crippen LogP contribution in [0.1, 0.15) is 58.3 Å². The van der Waals surface area contributed by atoms with Gasteiger partial charge in [0.1, 0.15) is 6.10 Å². The van der Waals surface area contributed by atoms with Crippen LogP contribution in [0.25, 0.3) is 0 Å². The van der Waals surface area contributed by atoms with Gasteiger partial charge in [0, 0.05) is 12.8 Å². The van der Waals surface area contributed by atoms with Gasteiger partial charge in [-0.05, 0) is 32.6 Å². The summed E-state index contributed by atoms with van der Waals surface area (Å²) in [7, 11) is 0. The second kappa shape index (κ2) is 9.71. The van der Waals surface area contributed by atoms with Gasteiger partial charge in [0.2, 0.25) is 11.8 Å². The Morgan fingerprint density at radius 2 is 2.08 bits per heavy atom. The van der Waals surface area contributed by atoms with Gasteiger partial charge in [-0.2, -0.15) is 0 Å². The van der Waals surface area contributed by atoms with E-state index in [-0.39, 0.29) is 37.4 Å².